The summed E-state index contributed by atoms with van der Waals surface area (Å²) in [7, 11) is -3.48. The van der Waals surface area contributed by atoms with Crippen molar-refractivity contribution in [3.05, 3.63) is 42.7 Å². The number of carbonyl (C=O) groups is 1. The second-order valence-corrected chi connectivity index (χ2v) is 8.97. The van der Waals surface area contributed by atoms with E-state index in [4.69, 9.17) is 0 Å². The van der Waals surface area contributed by atoms with Crippen LogP contribution in [-0.4, -0.2) is 43.1 Å². The van der Waals surface area contributed by atoms with Gasteiger partial charge in [0.25, 0.3) is 0 Å². The summed E-state index contributed by atoms with van der Waals surface area (Å²) in [5.74, 6) is 1.26. The first-order valence-corrected chi connectivity index (χ1v) is 10.7. The van der Waals surface area contributed by atoms with E-state index in [0.717, 1.165) is 31.7 Å². The molecule has 0 radical (unpaired) electrons. The van der Waals surface area contributed by atoms with Crippen molar-refractivity contribution in [1.29, 1.82) is 0 Å². The highest BCUT2D eigenvalue weighted by atomic mass is 32.2. The molecule has 0 aliphatic carbocycles. The van der Waals surface area contributed by atoms with E-state index in [1.165, 1.54) is 18.5 Å². The Morgan fingerprint density at radius 3 is 2.59 bits per heavy atom. The molecular formula is C19H24N4O3S. The number of hydrogen-bond acceptors (Lipinski definition) is 6. The number of nitrogens with one attached hydrogen (secondary N) is 1. The molecule has 2 aromatic rings. The summed E-state index contributed by atoms with van der Waals surface area (Å²) in [5.41, 5.74) is 0. The van der Waals surface area contributed by atoms with Crippen molar-refractivity contribution < 1.29 is 13.2 Å². The Bertz CT molecular complexity index is 879. The molecule has 7 nitrogen and oxygen atoms in total. The number of carbonyl (C=O) groups excluding carboxylic acids is 1. The maximum absolute atomic E-state index is 12.3. The molecule has 27 heavy (non-hydrogen) atoms. The van der Waals surface area contributed by atoms with Crippen molar-refractivity contribution in [2.24, 2.45) is 5.92 Å². The molecule has 0 spiro atoms. The van der Waals surface area contributed by atoms with Gasteiger partial charge in [0.2, 0.25) is 5.91 Å². The number of nitrogens with zero attached hydrogens (tertiary/aromatic N) is 3. The number of amides is 1. The van der Waals surface area contributed by atoms with Gasteiger partial charge in [0.1, 0.15) is 18.0 Å². The average molecular weight is 388 g/mol. The van der Waals surface area contributed by atoms with Crippen LogP contribution in [0.15, 0.2) is 47.6 Å². The van der Waals surface area contributed by atoms with Crippen LogP contribution in [0.5, 0.6) is 0 Å². The molecule has 2 heterocycles. The Kier molecular flexibility index (Phi) is 6.05. The molecule has 1 aliphatic rings. The summed E-state index contributed by atoms with van der Waals surface area (Å²) in [4.78, 5) is 22.9. The van der Waals surface area contributed by atoms with Gasteiger partial charge in [-0.05, 0) is 30.9 Å². The van der Waals surface area contributed by atoms with Crippen LogP contribution in [0.1, 0.15) is 26.2 Å². The largest absolute Gasteiger partial charge is 0.356 e. The lowest BCUT2D eigenvalue weighted by Crippen LogP contribution is -2.33. The summed E-state index contributed by atoms with van der Waals surface area (Å²) in [6, 6.07) is 9.88. The first kappa shape index (κ1) is 19.3. The van der Waals surface area contributed by atoms with Gasteiger partial charge < -0.3 is 10.2 Å². The van der Waals surface area contributed by atoms with E-state index in [9.17, 15) is 13.2 Å². The molecule has 1 aromatic carbocycles. The molecule has 1 N–H and O–H groups in total. The molecule has 1 aliphatic heterocycles. The summed E-state index contributed by atoms with van der Waals surface area (Å²) >= 11 is 0. The monoisotopic (exact) mass is 388 g/mol. The van der Waals surface area contributed by atoms with Crippen molar-refractivity contribution in [2.45, 2.75) is 31.1 Å². The van der Waals surface area contributed by atoms with Gasteiger partial charge in [-0.3, -0.25) is 4.79 Å². The van der Waals surface area contributed by atoms with E-state index in [2.05, 4.69) is 27.1 Å². The SMILES string of the molecule is CC1CCN(c2cc(NC(=O)CCS(=O)(=O)c3ccccc3)ncn2)CC1. The quantitative estimate of drug-likeness (QED) is 0.817. The predicted molar refractivity (Wildman–Crippen MR) is 104 cm³/mol. The third-order valence-electron chi connectivity index (χ3n) is 4.73. The fourth-order valence-electron chi connectivity index (χ4n) is 3.00. The molecule has 1 saturated heterocycles. The molecule has 1 amide bonds. The Labute approximate surface area is 159 Å². The van der Waals surface area contributed by atoms with E-state index >= 15 is 0 Å². The predicted octanol–water partition coefficient (Wildman–Crippen LogP) is 2.52. The zero-order valence-corrected chi connectivity index (χ0v) is 16.2. The molecule has 3 rings (SSSR count). The fourth-order valence-corrected chi connectivity index (χ4v) is 4.27. The topological polar surface area (TPSA) is 92.3 Å². The van der Waals surface area contributed by atoms with E-state index in [0.29, 0.717) is 11.7 Å². The van der Waals surface area contributed by atoms with Crippen LogP contribution in [0.3, 0.4) is 0 Å². The van der Waals surface area contributed by atoms with Gasteiger partial charge >= 0.3 is 0 Å². The number of aromatic nitrogens is 2. The van der Waals surface area contributed by atoms with Crippen LogP contribution in [0.25, 0.3) is 0 Å². The molecule has 1 fully saturated rings. The third kappa shape index (κ3) is 5.26. The summed E-state index contributed by atoms with van der Waals surface area (Å²) < 4.78 is 24.5. The van der Waals surface area contributed by atoms with E-state index in [-0.39, 0.29) is 23.0 Å². The van der Waals surface area contributed by atoms with Crippen molar-refractivity contribution in [3.63, 3.8) is 0 Å². The van der Waals surface area contributed by atoms with E-state index in [1.807, 2.05) is 0 Å². The van der Waals surface area contributed by atoms with Gasteiger partial charge in [-0.25, -0.2) is 18.4 Å². The lowest BCUT2D eigenvalue weighted by atomic mass is 9.99. The van der Waals surface area contributed by atoms with Crippen LogP contribution in [0.2, 0.25) is 0 Å². The number of hydrogen-bond donors (Lipinski definition) is 1. The van der Waals surface area contributed by atoms with Crippen LogP contribution in [-0.2, 0) is 14.6 Å². The maximum atomic E-state index is 12.3. The van der Waals surface area contributed by atoms with Crippen molar-refractivity contribution in [2.75, 3.05) is 29.1 Å². The third-order valence-corrected chi connectivity index (χ3v) is 6.46. The summed E-state index contributed by atoms with van der Waals surface area (Å²) in [5, 5.41) is 2.67. The van der Waals surface area contributed by atoms with Gasteiger partial charge in [0.15, 0.2) is 9.84 Å². The van der Waals surface area contributed by atoms with Crippen molar-refractivity contribution >= 4 is 27.4 Å². The van der Waals surface area contributed by atoms with Gasteiger partial charge in [0.05, 0.1) is 10.6 Å². The Morgan fingerprint density at radius 2 is 1.89 bits per heavy atom. The highest BCUT2D eigenvalue weighted by Gasteiger charge is 2.19. The summed E-state index contributed by atoms with van der Waals surface area (Å²) in [6.07, 6.45) is 3.52. The number of benzene rings is 1. The number of anilines is 2. The second kappa shape index (κ2) is 8.47. The molecule has 8 heteroatoms. The number of sulfone groups is 1. The fraction of sp³-hybridized carbons (Fsp3) is 0.421. The van der Waals surface area contributed by atoms with E-state index < -0.39 is 9.84 Å². The summed E-state index contributed by atoms with van der Waals surface area (Å²) in [6.45, 7) is 4.11. The highest BCUT2D eigenvalue weighted by molar-refractivity contribution is 7.91. The smallest absolute Gasteiger partial charge is 0.226 e. The van der Waals surface area contributed by atoms with Crippen LogP contribution >= 0.6 is 0 Å². The Morgan fingerprint density at radius 1 is 1.19 bits per heavy atom. The van der Waals surface area contributed by atoms with Gasteiger partial charge in [-0.1, -0.05) is 25.1 Å². The molecule has 0 bridgehead atoms. The first-order valence-electron chi connectivity index (χ1n) is 9.09. The second-order valence-electron chi connectivity index (χ2n) is 6.86. The van der Waals surface area contributed by atoms with Gasteiger partial charge in [-0.15, -0.1) is 0 Å². The molecule has 0 saturated carbocycles. The van der Waals surface area contributed by atoms with Crippen LogP contribution < -0.4 is 10.2 Å². The zero-order chi connectivity index (χ0) is 19.3. The maximum Gasteiger partial charge on any atom is 0.226 e. The molecule has 144 valence electrons. The lowest BCUT2D eigenvalue weighted by Gasteiger charge is -2.31. The Hall–Kier alpha value is -2.48. The van der Waals surface area contributed by atoms with Crippen LogP contribution in [0.4, 0.5) is 11.6 Å². The first-order chi connectivity index (χ1) is 12.9. The van der Waals surface area contributed by atoms with Crippen molar-refractivity contribution in [3.8, 4) is 0 Å². The number of piperidine rings is 1. The Balaban J connectivity index is 1.57. The van der Waals surface area contributed by atoms with Crippen molar-refractivity contribution in [1.82, 2.24) is 9.97 Å². The lowest BCUT2D eigenvalue weighted by molar-refractivity contribution is -0.115. The molecular weight excluding hydrogens is 364 g/mol. The van der Waals surface area contributed by atoms with Crippen LogP contribution in [0, 0.1) is 5.92 Å². The molecule has 0 unspecified atom stereocenters. The molecule has 1 aromatic heterocycles. The van der Waals surface area contributed by atoms with Gasteiger partial charge in [0, 0.05) is 25.6 Å². The highest BCUT2D eigenvalue weighted by Crippen LogP contribution is 2.22. The zero-order valence-electron chi connectivity index (χ0n) is 15.3. The minimum Gasteiger partial charge on any atom is -0.356 e. The minimum atomic E-state index is -3.48. The standard InChI is InChI=1S/C19H24N4O3S/c1-15-7-10-23(11-8-15)18-13-17(20-14-21-18)22-19(24)9-12-27(25,26)16-5-3-2-4-6-16/h2-6,13-15H,7-12H2,1H3,(H,20,21,22,24). The van der Waals surface area contributed by atoms with E-state index in [1.54, 1.807) is 24.3 Å². The number of rotatable bonds is 6. The van der Waals surface area contributed by atoms with Gasteiger partial charge in [-0.2, -0.15) is 0 Å². The molecule has 0 atom stereocenters. The normalized spacial score (nSPS) is 15.5. The minimum absolute atomic E-state index is 0.127. The average Bonchev–Trinajstić information content (AvgIpc) is 2.68.